The van der Waals surface area contributed by atoms with E-state index in [2.05, 4.69) is 53.2 Å². The molecule has 0 spiro atoms. The molecule has 2 saturated heterocycles. The van der Waals surface area contributed by atoms with E-state index >= 15 is 0 Å². The van der Waals surface area contributed by atoms with E-state index in [0.29, 0.717) is 26.2 Å². The van der Waals surface area contributed by atoms with Crippen LogP contribution in [0.3, 0.4) is 0 Å². The molecule has 0 radical (unpaired) electrons. The molecule has 3 aliphatic rings. The molecule has 0 bridgehead atoms. The van der Waals surface area contributed by atoms with Crippen LogP contribution in [0.2, 0.25) is 0 Å². The Balaban J connectivity index is 1.45. The van der Waals surface area contributed by atoms with E-state index in [1.807, 2.05) is 11.8 Å². The number of nitrogens with two attached hydrogens (primary N) is 1. The van der Waals surface area contributed by atoms with Crippen molar-refractivity contribution in [1.82, 2.24) is 4.31 Å². The van der Waals surface area contributed by atoms with Crippen molar-refractivity contribution in [2.24, 2.45) is 5.14 Å². The molecule has 5 rings (SSSR count). The average Bonchev–Trinajstić information content (AvgIpc) is 2.86. The molecular weight excluding hydrogens is 470 g/mol. The number of ether oxygens (including phenoxy) is 1. The zero-order valence-electron chi connectivity index (χ0n) is 19.8. The van der Waals surface area contributed by atoms with E-state index in [1.54, 1.807) is 0 Å². The van der Waals surface area contributed by atoms with Crippen LogP contribution in [0.5, 0.6) is 0 Å². The van der Waals surface area contributed by atoms with E-state index < -0.39 is 10.2 Å². The molecule has 0 saturated carbocycles. The lowest BCUT2D eigenvalue weighted by atomic mass is 10.0. The molecule has 0 atom stereocenters. The monoisotopic (exact) mass is 503 g/mol. The minimum absolute atomic E-state index is 0.411. The first kappa shape index (κ1) is 23.7. The van der Waals surface area contributed by atoms with Crippen LogP contribution in [0, 0.1) is 0 Å². The fourth-order valence-electron chi connectivity index (χ4n) is 4.95. The Morgan fingerprint density at radius 3 is 1.82 bits per heavy atom. The summed E-state index contributed by atoms with van der Waals surface area (Å²) in [4.78, 5) is 7.15. The van der Waals surface area contributed by atoms with Crippen molar-refractivity contribution in [3.63, 3.8) is 0 Å². The lowest BCUT2D eigenvalue weighted by Crippen LogP contribution is -2.50. The third-order valence-electron chi connectivity index (χ3n) is 6.91. The standard InChI is InChI=1S/C24H33N5O3S2/c1-3-17-13-19(27-5-7-29(8-6-27)34(25,30)31)15-21-23(17)26-24-18(4-2)14-20(16-22(24)33-21)28-9-11-32-12-10-28/h13-16,26H,3-12H2,1-2H3,(H2,25,30,31). The fraction of sp³-hybridized carbons (Fsp3) is 0.500. The first-order chi connectivity index (χ1) is 16.4. The molecule has 0 aromatic heterocycles. The van der Waals surface area contributed by atoms with Crippen LogP contribution in [-0.4, -0.2) is 65.2 Å². The van der Waals surface area contributed by atoms with Gasteiger partial charge in [-0.05, 0) is 48.2 Å². The summed E-state index contributed by atoms with van der Waals surface area (Å²) >= 11 is 1.83. The zero-order chi connectivity index (χ0) is 23.9. The van der Waals surface area contributed by atoms with Gasteiger partial charge in [0.15, 0.2) is 0 Å². The normalized spacial score (nSPS) is 18.9. The zero-order valence-corrected chi connectivity index (χ0v) is 21.5. The first-order valence-electron chi connectivity index (χ1n) is 12.0. The summed E-state index contributed by atoms with van der Waals surface area (Å²) in [6, 6.07) is 9.13. The predicted molar refractivity (Wildman–Crippen MR) is 139 cm³/mol. The summed E-state index contributed by atoms with van der Waals surface area (Å²) in [7, 11) is -3.63. The van der Waals surface area contributed by atoms with E-state index in [0.717, 1.165) is 44.8 Å². The first-order valence-corrected chi connectivity index (χ1v) is 14.3. The van der Waals surface area contributed by atoms with E-state index in [4.69, 9.17) is 9.88 Å². The molecule has 0 amide bonds. The Labute approximate surface area is 206 Å². The van der Waals surface area contributed by atoms with E-state index in [1.165, 1.54) is 42.3 Å². The second-order valence-corrected chi connectivity index (χ2v) is 11.6. The van der Waals surface area contributed by atoms with Gasteiger partial charge in [0.25, 0.3) is 10.2 Å². The van der Waals surface area contributed by atoms with Crippen LogP contribution in [0.4, 0.5) is 22.7 Å². The van der Waals surface area contributed by atoms with Crippen molar-refractivity contribution < 1.29 is 13.2 Å². The Kier molecular flexibility index (Phi) is 6.69. The number of nitrogens with one attached hydrogen (secondary N) is 1. The summed E-state index contributed by atoms with van der Waals surface area (Å²) in [5.74, 6) is 0. The van der Waals surface area contributed by atoms with Crippen LogP contribution in [-0.2, 0) is 27.8 Å². The molecule has 0 unspecified atom stereocenters. The number of benzene rings is 2. The summed E-state index contributed by atoms with van der Waals surface area (Å²) in [6.45, 7) is 9.87. The van der Waals surface area contributed by atoms with Gasteiger partial charge in [0.2, 0.25) is 0 Å². The van der Waals surface area contributed by atoms with Gasteiger partial charge in [0.05, 0.1) is 24.6 Å². The van der Waals surface area contributed by atoms with Crippen molar-refractivity contribution in [3.05, 3.63) is 35.4 Å². The molecular formula is C24H33N5O3S2. The molecule has 2 fully saturated rings. The third-order valence-corrected chi connectivity index (χ3v) is 9.08. The van der Waals surface area contributed by atoms with Crippen LogP contribution in [0.1, 0.15) is 25.0 Å². The third kappa shape index (κ3) is 4.61. The summed E-state index contributed by atoms with van der Waals surface area (Å²) in [5, 5.41) is 9.10. The predicted octanol–water partition coefficient (Wildman–Crippen LogP) is 3.18. The van der Waals surface area contributed by atoms with E-state index in [-0.39, 0.29) is 0 Å². The van der Waals surface area contributed by atoms with Crippen molar-refractivity contribution in [2.45, 2.75) is 36.5 Å². The van der Waals surface area contributed by atoms with Gasteiger partial charge in [0, 0.05) is 60.4 Å². The maximum absolute atomic E-state index is 11.7. The minimum atomic E-state index is -3.63. The average molecular weight is 504 g/mol. The molecule has 34 heavy (non-hydrogen) atoms. The molecule has 10 heteroatoms. The Morgan fingerprint density at radius 2 is 1.35 bits per heavy atom. The van der Waals surface area contributed by atoms with Gasteiger partial charge in [0.1, 0.15) is 0 Å². The lowest BCUT2D eigenvalue weighted by Gasteiger charge is -2.36. The number of rotatable bonds is 5. The van der Waals surface area contributed by atoms with Crippen LogP contribution < -0.4 is 20.3 Å². The van der Waals surface area contributed by atoms with E-state index in [9.17, 15) is 8.42 Å². The topological polar surface area (TPSA) is 91.1 Å². The maximum Gasteiger partial charge on any atom is 0.277 e. The van der Waals surface area contributed by atoms with Crippen LogP contribution in [0.25, 0.3) is 0 Å². The van der Waals surface area contributed by atoms with Crippen molar-refractivity contribution in [2.75, 3.05) is 67.6 Å². The number of nitrogens with zero attached hydrogens (tertiary/aromatic N) is 3. The van der Waals surface area contributed by atoms with Gasteiger partial charge in [-0.1, -0.05) is 25.6 Å². The number of morpholine rings is 1. The van der Waals surface area contributed by atoms with Crippen LogP contribution in [0.15, 0.2) is 34.1 Å². The van der Waals surface area contributed by atoms with Gasteiger partial charge in [-0.15, -0.1) is 0 Å². The van der Waals surface area contributed by atoms with Gasteiger partial charge < -0.3 is 19.9 Å². The number of anilines is 4. The minimum Gasteiger partial charge on any atom is -0.378 e. The SMILES string of the molecule is CCc1cc(N2CCOCC2)cc2c1Nc1c(CC)cc(N3CCN(S(N)(=O)=O)CC3)cc1S2. The quantitative estimate of drug-likeness (QED) is 0.553. The Hall–Kier alpha value is -1.98. The number of hydrogen-bond donors (Lipinski definition) is 2. The number of hydrogen-bond acceptors (Lipinski definition) is 7. The van der Waals surface area contributed by atoms with Crippen molar-refractivity contribution in [1.29, 1.82) is 0 Å². The molecule has 184 valence electrons. The van der Waals surface area contributed by atoms with Crippen molar-refractivity contribution >= 4 is 44.7 Å². The highest BCUT2D eigenvalue weighted by Crippen LogP contribution is 2.50. The Bertz CT molecular complexity index is 1170. The van der Waals surface area contributed by atoms with Crippen LogP contribution >= 0.6 is 11.8 Å². The second kappa shape index (κ2) is 9.58. The number of fused-ring (bicyclic) bond motifs is 2. The molecule has 3 N–H and O–H groups in total. The summed E-state index contributed by atoms with van der Waals surface area (Å²) in [5.41, 5.74) is 7.44. The smallest absolute Gasteiger partial charge is 0.277 e. The molecule has 2 aromatic rings. The molecule has 8 nitrogen and oxygen atoms in total. The largest absolute Gasteiger partial charge is 0.378 e. The summed E-state index contributed by atoms with van der Waals surface area (Å²) in [6.07, 6.45) is 1.89. The number of piperazine rings is 1. The number of aryl methyl sites for hydroxylation is 2. The Morgan fingerprint density at radius 1 is 0.853 bits per heavy atom. The van der Waals surface area contributed by atoms with Crippen molar-refractivity contribution in [3.8, 4) is 0 Å². The highest BCUT2D eigenvalue weighted by molar-refractivity contribution is 7.99. The van der Waals surface area contributed by atoms with Gasteiger partial charge >= 0.3 is 0 Å². The molecule has 3 aliphatic heterocycles. The van der Waals surface area contributed by atoms with Gasteiger partial charge in [-0.3, -0.25) is 0 Å². The lowest BCUT2D eigenvalue weighted by molar-refractivity contribution is 0.122. The fourth-order valence-corrected chi connectivity index (χ4v) is 6.78. The summed E-state index contributed by atoms with van der Waals surface area (Å²) < 4.78 is 30.3. The second-order valence-electron chi connectivity index (χ2n) is 8.92. The molecule has 0 aliphatic carbocycles. The molecule has 2 aromatic carbocycles. The highest BCUT2D eigenvalue weighted by atomic mass is 32.2. The van der Waals surface area contributed by atoms with Gasteiger partial charge in [-0.25, -0.2) is 5.14 Å². The highest BCUT2D eigenvalue weighted by Gasteiger charge is 2.27. The maximum atomic E-state index is 11.7. The van der Waals surface area contributed by atoms with Gasteiger partial charge in [-0.2, -0.15) is 12.7 Å². The molecule has 3 heterocycles.